The maximum atomic E-state index is 12.9. The van der Waals surface area contributed by atoms with Gasteiger partial charge in [-0.25, -0.2) is 0 Å². The summed E-state index contributed by atoms with van der Waals surface area (Å²) in [6.45, 7) is 2.10. The Bertz CT molecular complexity index is 983. The van der Waals surface area contributed by atoms with Gasteiger partial charge in [-0.3, -0.25) is 4.79 Å². The zero-order chi connectivity index (χ0) is 17.4. The van der Waals surface area contributed by atoms with Crippen molar-refractivity contribution in [1.82, 2.24) is 0 Å². The van der Waals surface area contributed by atoms with E-state index in [0.717, 1.165) is 45.5 Å². The highest BCUT2D eigenvalue weighted by Gasteiger charge is 2.28. The standard InChI is InChI=1S/C23H18OS/c1-15-9-11-16(12-10-15)13-14-17-5-4-8-20-21(17)23(25)19-7-3-2-6-18(19)22(20)24/h2-12H,13-14H2,1H3. The van der Waals surface area contributed by atoms with Crippen LogP contribution in [0.15, 0.2) is 66.7 Å². The predicted molar refractivity (Wildman–Crippen MR) is 106 cm³/mol. The molecule has 0 saturated carbocycles. The van der Waals surface area contributed by atoms with Gasteiger partial charge in [0.05, 0.1) is 4.86 Å². The van der Waals surface area contributed by atoms with E-state index in [1.165, 1.54) is 11.1 Å². The smallest absolute Gasteiger partial charge is 0.194 e. The fraction of sp³-hybridized carbons (Fsp3) is 0.130. The summed E-state index contributed by atoms with van der Waals surface area (Å²) in [7, 11) is 0. The zero-order valence-electron chi connectivity index (χ0n) is 14.1. The summed E-state index contributed by atoms with van der Waals surface area (Å²) in [5.74, 6) is 0.0800. The number of thiocarbonyl (C=S) groups is 1. The Kier molecular flexibility index (Phi) is 4.06. The van der Waals surface area contributed by atoms with Crippen LogP contribution in [0.5, 0.6) is 0 Å². The Morgan fingerprint density at radius 2 is 1.44 bits per heavy atom. The molecular formula is C23H18OS. The molecule has 0 spiro atoms. The summed E-state index contributed by atoms with van der Waals surface area (Å²) >= 11 is 5.75. The van der Waals surface area contributed by atoms with E-state index in [-0.39, 0.29) is 5.78 Å². The van der Waals surface area contributed by atoms with E-state index in [1.54, 1.807) is 0 Å². The van der Waals surface area contributed by atoms with E-state index in [4.69, 9.17) is 12.2 Å². The molecule has 3 aromatic carbocycles. The van der Waals surface area contributed by atoms with Gasteiger partial charge in [-0.2, -0.15) is 0 Å². The van der Waals surface area contributed by atoms with Crippen molar-refractivity contribution in [2.75, 3.05) is 0 Å². The van der Waals surface area contributed by atoms with E-state index >= 15 is 0 Å². The minimum absolute atomic E-state index is 0.0800. The normalized spacial score (nSPS) is 12.7. The van der Waals surface area contributed by atoms with E-state index in [0.29, 0.717) is 0 Å². The highest BCUT2D eigenvalue weighted by Crippen LogP contribution is 2.30. The number of carbonyl (C=O) groups is 1. The quantitative estimate of drug-likeness (QED) is 0.482. The van der Waals surface area contributed by atoms with Gasteiger partial charge in [0, 0.05) is 22.3 Å². The lowest BCUT2D eigenvalue weighted by Crippen LogP contribution is -2.22. The number of fused-ring (bicyclic) bond motifs is 2. The number of carbonyl (C=O) groups excluding carboxylic acids is 1. The van der Waals surface area contributed by atoms with Gasteiger partial charge in [-0.15, -0.1) is 0 Å². The molecule has 0 atom stereocenters. The summed E-state index contributed by atoms with van der Waals surface area (Å²) in [4.78, 5) is 13.7. The Balaban J connectivity index is 1.71. The molecule has 4 rings (SSSR count). The molecule has 2 heteroatoms. The number of rotatable bonds is 3. The Morgan fingerprint density at radius 3 is 2.20 bits per heavy atom. The van der Waals surface area contributed by atoms with Crippen molar-refractivity contribution in [3.63, 3.8) is 0 Å². The highest BCUT2D eigenvalue weighted by molar-refractivity contribution is 7.81. The molecule has 25 heavy (non-hydrogen) atoms. The highest BCUT2D eigenvalue weighted by atomic mass is 32.1. The van der Waals surface area contributed by atoms with Gasteiger partial charge in [0.25, 0.3) is 0 Å². The topological polar surface area (TPSA) is 17.1 Å². The van der Waals surface area contributed by atoms with Gasteiger partial charge in [0.2, 0.25) is 0 Å². The molecule has 0 amide bonds. The van der Waals surface area contributed by atoms with E-state index in [1.807, 2.05) is 36.4 Å². The SMILES string of the molecule is Cc1ccc(CCc2cccc3c2C(=S)c2ccccc2C3=O)cc1. The molecule has 0 heterocycles. The third-order valence-electron chi connectivity index (χ3n) is 4.84. The van der Waals surface area contributed by atoms with Gasteiger partial charge < -0.3 is 0 Å². The summed E-state index contributed by atoms with van der Waals surface area (Å²) in [6.07, 6.45) is 1.82. The summed E-state index contributed by atoms with van der Waals surface area (Å²) in [6, 6.07) is 22.2. The second kappa shape index (κ2) is 6.38. The van der Waals surface area contributed by atoms with Crippen LogP contribution in [0.3, 0.4) is 0 Å². The molecule has 122 valence electrons. The van der Waals surface area contributed by atoms with Crippen molar-refractivity contribution in [3.8, 4) is 0 Å². The molecule has 0 saturated heterocycles. The van der Waals surface area contributed by atoms with Crippen molar-refractivity contribution in [3.05, 3.63) is 106 Å². The van der Waals surface area contributed by atoms with Crippen LogP contribution in [0.2, 0.25) is 0 Å². The molecular weight excluding hydrogens is 324 g/mol. The molecule has 0 fully saturated rings. The fourth-order valence-corrected chi connectivity index (χ4v) is 3.88. The molecule has 0 radical (unpaired) electrons. The molecule has 1 nitrogen and oxygen atoms in total. The van der Waals surface area contributed by atoms with Crippen molar-refractivity contribution in [1.29, 1.82) is 0 Å². The van der Waals surface area contributed by atoms with Crippen molar-refractivity contribution in [2.24, 2.45) is 0 Å². The number of hydrogen-bond donors (Lipinski definition) is 0. The Labute approximate surface area is 153 Å². The lowest BCUT2D eigenvalue weighted by atomic mass is 9.81. The number of aryl methyl sites for hydroxylation is 3. The lowest BCUT2D eigenvalue weighted by molar-refractivity contribution is 0.103. The fourth-order valence-electron chi connectivity index (χ4n) is 3.46. The minimum atomic E-state index is 0.0800. The van der Waals surface area contributed by atoms with Crippen LogP contribution in [-0.2, 0) is 12.8 Å². The third kappa shape index (κ3) is 2.83. The number of benzene rings is 3. The van der Waals surface area contributed by atoms with Crippen LogP contribution in [-0.4, -0.2) is 10.6 Å². The molecule has 0 N–H and O–H groups in total. The van der Waals surface area contributed by atoms with Crippen LogP contribution in [0, 0.1) is 6.92 Å². The van der Waals surface area contributed by atoms with E-state index in [2.05, 4.69) is 37.3 Å². The van der Waals surface area contributed by atoms with Gasteiger partial charge in [-0.05, 0) is 30.9 Å². The van der Waals surface area contributed by atoms with Gasteiger partial charge in [0.15, 0.2) is 5.78 Å². The average molecular weight is 342 g/mol. The molecule has 0 aliphatic heterocycles. The Morgan fingerprint density at radius 1 is 0.760 bits per heavy atom. The third-order valence-corrected chi connectivity index (χ3v) is 5.27. The van der Waals surface area contributed by atoms with Crippen LogP contribution in [0.25, 0.3) is 0 Å². The van der Waals surface area contributed by atoms with E-state index < -0.39 is 0 Å². The summed E-state index contributed by atoms with van der Waals surface area (Å²) < 4.78 is 0. The minimum Gasteiger partial charge on any atom is -0.289 e. The maximum Gasteiger partial charge on any atom is 0.194 e. The first kappa shape index (κ1) is 15.9. The molecule has 3 aromatic rings. The van der Waals surface area contributed by atoms with Gasteiger partial charge >= 0.3 is 0 Å². The molecule has 0 bridgehead atoms. The van der Waals surface area contributed by atoms with Crippen LogP contribution < -0.4 is 0 Å². The molecule has 1 aliphatic carbocycles. The van der Waals surface area contributed by atoms with Gasteiger partial charge in [0.1, 0.15) is 0 Å². The zero-order valence-corrected chi connectivity index (χ0v) is 14.9. The van der Waals surface area contributed by atoms with Crippen molar-refractivity contribution >= 4 is 22.9 Å². The maximum absolute atomic E-state index is 12.9. The largest absolute Gasteiger partial charge is 0.289 e. The summed E-state index contributed by atoms with van der Waals surface area (Å²) in [5, 5.41) is 0. The molecule has 0 unspecified atom stereocenters. The lowest BCUT2D eigenvalue weighted by Gasteiger charge is -2.22. The van der Waals surface area contributed by atoms with Crippen LogP contribution in [0.4, 0.5) is 0 Å². The van der Waals surface area contributed by atoms with Crippen LogP contribution in [0.1, 0.15) is 43.7 Å². The second-order valence-electron chi connectivity index (χ2n) is 6.53. The average Bonchev–Trinajstić information content (AvgIpc) is 2.65. The van der Waals surface area contributed by atoms with Crippen LogP contribution >= 0.6 is 12.2 Å². The van der Waals surface area contributed by atoms with Crippen molar-refractivity contribution < 1.29 is 4.79 Å². The number of ketones is 1. The first-order valence-corrected chi connectivity index (χ1v) is 8.92. The Hall–Kier alpha value is -2.58. The predicted octanol–water partition coefficient (Wildman–Crippen LogP) is 5.09. The molecule has 1 aliphatic rings. The second-order valence-corrected chi connectivity index (χ2v) is 6.94. The van der Waals surface area contributed by atoms with E-state index in [9.17, 15) is 4.79 Å². The summed E-state index contributed by atoms with van der Waals surface area (Å²) in [5.41, 5.74) is 7.03. The van der Waals surface area contributed by atoms with Gasteiger partial charge in [-0.1, -0.05) is 84.5 Å². The first-order valence-electron chi connectivity index (χ1n) is 8.51. The monoisotopic (exact) mass is 342 g/mol. The number of hydrogen-bond acceptors (Lipinski definition) is 2. The van der Waals surface area contributed by atoms with Crippen molar-refractivity contribution in [2.45, 2.75) is 19.8 Å². The first-order chi connectivity index (χ1) is 12.1. The molecule has 0 aromatic heterocycles.